The second kappa shape index (κ2) is 4.10. The summed E-state index contributed by atoms with van der Waals surface area (Å²) in [5.74, 6) is 1.12. The molecule has 3 aromatic heterocycles. The maximum atomic E-state index is 5.22. The lowest BCUT2D eigenvalue weighted by Gasteiger charge is -1.93. The molecule has 5 heteroatoms. The molecule has 0 aromatic carbocycles. The maximum Gasteiger partial charge on any atom is 0.259 e. The minimum absolute atomic E-state index is 0.501. The van der Waals surface area contributed by atoms with Crippen molar-refractivity contribution >= 4 is 11.3 Å². The van der Waals surface area contributed by atoms with Crippen LogP contribution in [0.5, 0.6) is 0 Å². The van der Waals surface area contributed by atoms with E-state index < -0.39 is 0 Å². The smallest absolute Gasteiger partial charge is 0.259 e. The molecular formula is C12H9N3OS. The summed E-state index contributed by atoms with van der Waals surface area (Å²) in [7, 11) is 0. The monoisotopic (exact) mass is 243 g/mol. The third-order valence-corrected chi connectivity index (χ3v) is 3.19. The van der Waals surface area contributed by atoms with Crippen LogP contribution in [0.15, 0.2) is 40.4 Å². The molecule has 0 fully saturated rings. The predicted octanol–water partition coefficient (Wildman–Crippen LogP) is 3.17. The number of hydrogen-bond donors (Lipinski definition) is 0. The minimum Gasteiger partial charge on any atom is -0.334 e. The van der Waals surface area contributed by atoms with Gasteiger partial charge in [-0.3, -0.25) is 4.98 Å². The van der Waals surface area contributed by atoms with Gasteiger partial charge in [0, 0.05) is 11.9 Å². The van der Waals surface area contributed by atoms with Gasteiger partial charge in [0.05, 0.1) is 10.4 Å². The van der Waals surface area contributed by atoms with Gasteiger partial charge in [-0.15, -0.1) is 11.3 Å². The zero-order valence-corrected chi connectivity index (χ0v) is 9.94. The van der Waals surface area contributed by atoms with Crippen molar-refractivity contribution in [1.29, 1.82) is 0 Å². The predicted molar refractivity (Wildman–Crippen MR) is 65.6 cm³/mol. The van der Waals surface area contributed by atoms with E-state index in [1.165, 1.54) is 0 Å². The average Bonchev–Trinajstić information content (AvgIpc) is 3.00. The SMILES string of the molecule is Cc1ccc(-c2nc(-c3cccs3)no2)cn1. The maximum absolute atomic E-state index is 5.22. The summed E-state index contributed by atoms with van der Waals surface area (Å²) in [5.41, 5.74) is 1.80. The van der Waals surface area contributed by atoms with Gasteiger partial charge in [-0.1, -0.05) is 11.2 Å². The highest BCUT2D eigenvalue weighted by Gasteiger charge is 2.10. The van der Waals surface area contributed by atoms with Crippen molar-refractivity contribution in [1.82, 2.24) is 15.1 Å². The molecule has 17 heavy (non-hydrogen) atoms. The van der Waals surface area contributed by atoms with E-state index in [4.69, 9.17) is 4.52 Å². The second-order valence-corrected chi connectivity index (χ2v) is 4.54. The largest absolute Gasteiger partial charge is 0.334 e. The summed E-state index contributed by atoms with van der Waals surface area (Å²) >= 11 is 1.59. The normalized spacial score (nSPS) is 10.6. The van der Waals surface area contributed by atoms with Crippen molar-refractivity contribution in [2.75, 3.05) is 0 Å². The van der Waals surface area contributed by atoms with Crippen LogP contribution < -0.4 is 0 Å². The zero-order valence-electron chi connectivity index (χ0n) is 9.12. The molecule has 3 heterocycles. The fraction of sp³-hybridized carbons (Fsp3) is 0.0833. The van der Waals surface area contributed by atoms with Crippen LogP contribution in [-0.2, 0) is 0 Å². The highest BCUT2D eigenvalue weighted by Crippen LogP contribution is 2.24. The van der Waals surface area contributed by atoms with E-state index in [1.807, 2.05) is 36.6 Å². The molecule has 0 N–H and O–H groups in total. The third kappa shape index (κ3) is 1.97. The Bertz CT molecular complexity index is 614. The van der Waals surface area contributed by atoms with Crippen molar-refractivity contribution in [3.63, 3.8) is 0 Å². The van der Waals surface area contributed by atoms with Crippen LogP contribution in [-0.4, -0.2) is 15.1 Å². The summed E-state index contributed by atoms with van der Waals surface area (Å²) in [4.78, 5) is 9.55. The molecule has 0 aliphatic carbocycles. The Balaban J connectivity index is 1.98. The lowest BCUT2D eigenvalue weighted by atomic mass is 10.2. The molecule has 3 rings (SSSR count). The van der Waals surface area contributed by atoms with Crippen LogP contribution in [0.1, 0.15) is 5.69 Å². The number of hydrogen-bond acceptors (Lipinski definition) is 5. The minimum atomic E-state index is 0.501. The van der Waals surface area contributed by atoms with Gasteiger partial charge >= 0.3 is 0 Å². The van der Waals surface area contributed by atoms with Gasteiger partial charge in [0.2, 0.25) is 5.82 Å². The second-order valence-electron chi connectivity index (χ2n) is 3.59. The fourth-order valence-electron chi connectivity index (χ4n) is 1.44. The molecule has 0 aliphatic heterocycles. The van der Waals surface area contributed by atoms with Gasteiger partial charge in [0.15, 0.2) is 0 Å². The average molecular weight is 243 g/mol. The molecule has 0 aliphatic rings. The Morgan fingerprint density at radius 2 is 2.18 bits per heavy atom. The van der Waals surface area contributed by atoms with Crippen LogP contribution in [0, 0.1) is 6.92 Å². The molecule has 84 valence electrons. The molecule has 4 nitrogen and oxygen atoms in total. The summed E-state index contributed by atoms with van der Waals surface area (Å²) in [6.07, 6.45) is 1.74. The van der Waals surface area contributed by atoms with E-state index in [2.05, 4.69) is 15.1 Å². The standard InChI is InChI=1S/C12H9N3OS/c1-8-4-5-9(7-13-8)12-14-11(15-16-12)10-3-2-6-17-10/h2-7H,1H3. The molecule has 0 saturated heterocycles. The first-order valence-corrected chi connectivity index (χ1v) is 6.01. The molecule has 0 bridgehead atoms. The summed E-state index contributed by atoms with van der Waals surface area (Å²) in [5, 5.41) is 5.94. The number of thiophene rings is 1. The van der Waals surface area contributed by atoms with Crippen LogP contribution in [0.2, 0.25) is 0 Å². The van der Waals surface area contributed by atoms with Crippen molar-refractivity contribution in [2.45, 2.75) is 6.92 Å². The Morgan fingerprint density at radius 1 is 1.24 bits per heavy atom. The Kier molecular flexibility index (Phi) is 2.45. The van der Waals surface area contributed by atoms with Gasteiger partial charge in [0.1, 0.15) is 0 Å². The quantitative estimate of drug-likeness (QED) is 0.693. The van der Waals surface area contributed by atoms with E-state index in [9.17, 15) is 0 Å². The Labute approximate surface area is 102 Å². The summed E-state index contributed by atoms with van der Waals surface area (Å²) < 4.78 is 5.22. The van der Waals surface area contributed by atoms with Gasteiger partial charge in [-0.25, -0.2) is 0 Å². The van der Waals surface area contributed by atoms with E-state index in [1.54, 1.807) is 17.5 Å². The zero-order chi connectivity index (χ0) is 11.7. The van der Waals surface area contributed by atoms with E-state index in [0.29, 0.717) is 11.7 Å². The van der Waals surface area contributed by atoms with Crippen molar-refractivity contribution in [2.24, 2.45) is 0 Å². The molecule has 0 spiro atoms. The van der Waals surface area contributed by atoms with E-state index in [-0.39, 0.29) is 0 Å². The highest BCUT2D eigenvalue weighted by atomic mass is 32.1. The number of nitrogens with zero attached hydrogens (tertiary/aromatic N) is 3. The first-order valence-electron chi connectivity index (χ1n) is 5.13. The number of aromatic nitrogens is 3. The third-order valence-electron chi connectivity index (χ3n) is 2.33. The van der Waals surface area contributed by atoms with Crippen LogP contribution in [0.25, 0.3) is 22.2 Å². The van der Waals surface area contributed by atoms with Crippen molar-refractivity contribution in [3.05, 3.63) is 41.5 Å². The number of pyridine rings is 1. The molecule has 0 radical (unpaired) electrons. The Morgan fingerprint density at radius 3 is 2.88 bits per heavy atom. The van der Waals surface area contributed by atoms with E-state index >= 15 is 0 Å². The van der Waals surface area contributed by atoms with Crippen molar-refractivity contribution in [3.8, 4) is 22.2 Å². The van der Waals surface area contributed by atoms with Crippen LogP contribution in [0.3, 0.4) is 0 Å². The van der Waals surface area contributed by atoms with Gasteiger partial charge in [0.25, 0.3) is 5.89 Å². The topological polar surface area (TPSA) is 51.8 Å². The number of rotatable bonds is 2. The molecule has 0 unspecified atom stereocenters. The first-order chi connectivity index (χ1) is 8.33. The molecular weight excluding hydrogens is 234 g/mol. The molecule has 3 aromatic rings. The Hall–Kier alpha value is -2.01. The summed E-state index contributed by atoms with van der Waals surface area (Å²) in [6.45, 7) is 1.94. The molecule has 0 amide bonds. The lowest BCUT2D eigenvalue weighted by Crippen LogP contribution is -1.82. The highest BCUT2D eigenvalue weighted by molar-refractivity contribution is 7.13. The first kappa shape index (κ1) is 10.2. The lowest BCUT2D eigenvalue weighted by molar-refractivity contribution is 0.432. The van der Waals surface area contributed by atoms with Crippen LogP contribution in [0.4, 0.5) is 0 Å². The van der Waals surface area contributed by atoms with Gasteiger partial charge < -0.3 is 4.52 Å². The van der Waals surface area contributed by atoms with Gasteiger partial charge in [-0.05, 0) is 30.5 Å². The van der Waals surface area contributed by atoms with Crippen molar-refractivity contribution < 1.29 is 4.52 Å². The van der Waals surface area contributed by atoms with E-state index in [0.717, 1.165) is 16.1 Å². The molecule has 0 saturated carbocycles. The number of aryl methyl sites for hydroxylation is 1. The van der Waals surface area contributed by atoms with Gasteiger partial charge in [-0.2, -0.15) is 4.98 Å². The fourth-order valence-corrected chi connectivity index (χ4v) is 2.09. The molecule has 0 atom stereocenters. The van der Waals surface area contributed by atoms with Crippen LogP contribution >= 0.6 is 11.3 Å². The summed E-state index contributed by atoms with van der Waals surface area (Å²) in [6, 6.07) is 7.77.